The lowest BCUT2D eigenvalue weighted by atomic mass is 10.0. The van der Waals surface area contributed by atoms with Gasteiger partial charge in [-0.3, -0.25) is 4.79 Å². The summed E-state index contributed by atoms with van der Waals surface area (Å²) in [5.74, 6) is 0.0794. The molecule has 0 saturated carbocycles. The van der Waals surface area contributed by atoms with Gasteiger partial charge in [-0.1, -0.05) is 6.07 Å². The van der Waals surface area contributed by atoms with Crippen LogP contribution in [-0.4, -0.2) is 24.6 Å². The van der Waals surface area contributed by atoms with Gasteiger partial charge in [0.05, 0.1) is 0 Å². The van der Waals surface area contributed by atoms with Gasteiger partial charge in [-0.15, -0.1) is 0 Å². The van der Waals surface area contributed by atoms with Crippen molar-refractivity contribution in [3.05, 3.63) is 53.6 Å². The van der Waals surface area contributed by atoms with Gasteiger partial charge in [0.15, 0.2) is 0 Å². The molecular weight excluding hydrogens is 264 g/mol. The van der Waals surface area contributed by atoms with Crippen LogP contribution in [0.2, 0.25) is 0 Å². The summed E-state index contributed by atoms with van der Waals surface area (Å²) in [6, 6.07) is 12.5. The van der Waals surface area contributed by atoms with E-state index in [1.807, 2.05) is 18.2 Å². The highest BCUT2D eigenvalue weighted by Crippen LogP contribution is 2.25. The molecule has 1 heterocycles. The third-order valence-electron chi connectivity index (χ3n) is 3.81. The van der Waals surface area contributed by atoms with Crippen LogP contribution in [0.1, 0.15) is 22.3 Å². The average molecular weight is 282 g/mol. The third-order valence-corrected chi connectivity index (χ3v) is 3.81. The lowest BCUT2D eigenvalue weighted by Crippen LogP contribution is -2.26. The molecule has 4 heteroatoms. The zero-order valence-corrected chi connectivity index (χ0v) is 12.0. The first kappa shape index (κ1) is 13.5. The lowest BCUT2D eigenvalue weighted by molar-refractivity contribution is 0.0993. The van der Waals surface area contributed by atoms with Gasteiger partial charge in [-0.2, -0.15) is 0 Å². The van der Waals surface area contributed by atoms with E-state index in [1.54, 1.807) is 36.2 Å². The number of phenolic OH excluding ortho intramolecular Hbond substituents is 1. The largest absolute Gasteiger partial charge is 0.508 e. The van der Waals surface area contributed by atoms with Gasteiger partial charge in [-0.25, -0.2) is 0 Å². The molecule has 2 aromatic carbocycles. The summed E-state index contributed by atoms with van der Waals surface area (Å²) < 4.78 is 0. The summed E-state index contributed by atoms with van der Waals surface area (Å²) >= 11 is 0. The molecule has 3 rings (SSSR count). The molecule has 4 nitrogen and oxygen atoms in total. The first-order chi connectivity index (χ1) is 10.1. The zero-order valence-electron chi connectivity index (χ0n) is 12.0. The predicted octanol–water partition coefficient (Wildman–Crippen LogP) is 3.03. The summed E-state index contributed by atoms with van der Waals surface area (Å²) in [4.78, 5) is 14.1. The lowest BCUT2D eigenvalue weighted by Gasteiger charge is -2.21. The van der Waals surface area contributed by atoms with Crippen molar-refractivity contribution >= 4 is 17.3 Å². The number of nitrogens with zero attached hydrogens (tertiary/aromatic N) is 1. The van der Waals surface area contributed by atoms with E-state index in [1.165, 1.54) is 5.56 Å². The number of rotatable bonds is 2. The van der Waals surface area contributed by atoms with Crippen LogP contribution < -0.4 is 10.2 Å². The Morgan fingerprint density at radius 3 is 2.90 bits per heavy atom. The van der Waals surface area contributed by atoms with Gasteiger partial charge in [0.2, 0.25) is 0 Å². The molecule has 21 heavy (non-hydrogen) atoms. The maximum absolute atomic E-state index is 12.6. The monoisotopic (exact) mass is 282 g/mol. The highest BCUT2D eigenvalue weighted by atomic mass is 16.3. The summed E-state index contributed by atoms with van der Waals surface area (Å²) in [5, 5.41) is 12.9. The smallest absolute Gasteiger partial charge is 0.258 e. The Kier molecular flexibility index (Phi) is 3.52. The minimum atomic E-state index is -0.0750. The fourth-order valence-electron chi connectivity index (χ4n) is 2.62. The Morgan fingerprint density at radius 1 is 1.24 bits per heavy atom. The zero-order chi connectivity index (χ0) is 14.8. The van der Waals surface area contributed by atoms with Crippen molar-refractivity contribution in [1.29, 1.82) is 0 Å². The van der Waals surface area contributed by atoms with E-state index < -0.39 is 0 Å². The van der Waals surface area contributed by atoms with E-state index >= 15 is 0 Å². The molecule has 0 aliphatic carbocycles. The SMILES string of the molecule is CN(C(=O)c1ccc2c(c1)CCCN2)c1cccc(O)c1. The number of carbonyl (C=O) groups excluding carboxylic acids is 1. The van der Waals surface area contributed by atoms with Crippen molar-refractivity contribution in [1.82, 2.24) is 0 Å². The summed E-state index contributed by atoms with van der Waals surface area (Å²) in [7, 11) is 1.72. The maximum atomic E-state index is 12.6. The topological polar surface area (TPSA) is 52.6 Å². The van der Waals surface area contributed by atoms with Crippen LogP contribution in [0, 0.1) is 0 Å². The Labute approximate surface area is 124 Å². The normalized spacial score (nSPS) is 13.2. The van der Waals surface area contributed by atoms with Gasteiger partial charge in [-0.05, 0) is 48.7 Å². The Balaban J connectivity index is 1.88. The molecular formula is C17H18N2O2. The number of hydrogen-bond acceptors (Lipinski definition) is 3. The molecule has 0 fully saturated rings. The molecule has 108 valence electrons. The summed E-state index contributed by atoms with van der Waals surface area (Å²) in [6.07, 6.45) is 2.09. The number of fused-ring (bicyclic) bond motifs is 1. The first-order valence-electron chi connectivity index (χ1n) is 7.09. The predicted molar refractivity (Wildman–Crippen MR) is 84.1 cm³/mol. The van der Waals surface area contributed by atoms with Gasteiger partial charge in [0, 0.05) is 36.6 Å². The molecule has 0 bridgehead atoms. The first-order valence-corrected chi connectivity index (χ1v) is 7.09. The standard InChI is InChI=1S/C17H18N2O2/c1-19(14-5-2-6-15(20)11-14)17(21)13-7-8-16-12(10-13)4-3-9-18-16/h2,5-8,10-11,18,20H,3-4,9H2,1H3. The van der Waals surface area contributed by atoms with Crippen LogP contribution in [-0.2, 0) is 6.42 Å². The molecule has 0 aromatic heterocycles. The number of anilines is 2. The number of benzene rings is 2. The molecule has 0 atom stereocenters. The van der Waals surface area contributed by atoms with Crippen LogP contribution in [0.3, 0.4) is 0 Å². The van der Waals surface area contributed by atoms with Crippen LogP contribution in [0.15, 0.2) is 42.5 Å². The average Bonchev–Trinajstić information content (AvgIpc) is 2.53. The van der Waals surface area contributed by atoms with Crippen molar-refractivity contribution in [3.8, 4) is 5.75 Å². The molecule has 0 unspecified atom stereocenters. The fourth-order valence-corrected chi connectivity index (χ4v) is 2.62. The Bertz CT molecular complexity index is 682. The molecule has 2 N–H and O–H groups in total. The Morgan fingerprint density at radius 2 is 2.10 bits per heavy atom. The van der Waals surface area contributed by atoms with Crippen LogP contribution in [0.25, 0.3) is 0 Å². The number of aryl methyl sites for hydroxylation is 1. The number of nitrogens with one attached hydrogen (secondary N) is 1. The maximum Gasteiger partial charge on any atom is 0.258 e. The number of carbonyl (C=O) groups is 1. The minimum Gasteiger partial charge on any atom is -0.508 e. The fraction of sp³-hybridized carbons (Fsp3) is 0.235. The van der Waals surface area contributed by atoms with Crippen molar-refractivity contribution in [2.24, 2.45) is 0 Å². The number of amides is 1. The van der Waals surface area contributed by atoms with Crippen LogP contribution in [0.4, 0.5) is 11.4 Å². The second kappa shape index (κ2) is 5.48. The number of phenols is 1. The van der Waals surface area contributed by atoms with Crippen molar-refractivity contribution in [3.63, 3.8) is 0 Å². The second-order valence-electron chi connectivity index (χ2n) is 5.29. The quantitative estimate of drug-likeness (QED) is 0.890. The van der Waals surface area contributed by atoms with E-state index in [0.717, 1.165) is 25.1 Å². The van der Waals surface area contributed by atoms with E-state index in [-0.39, 0.29) is 11.7 Å². The van der Waals surface area contributed by atoms with Crippen LogP contribution >= 0.6 is 0 Å². The third kappa shape index (κ3) is 2.70. The van der Waals surface area contributed by atoms with Crippen molar-refractivity contribution < 1.29 is 9.90 Å². The van der Waals surface area contributed by atoms with Gasteiger partial charge < -0.3 is 15.3 Å². The number of hydrogen-bond donors (Lipinski definition) is 2. The molecule has 2 aromatic rings. The minimum absolute atomic E-state index is 0.0750. The highest BCUT2D eigenvalue weighted by molar-refractivity contribution is 6.06. The molecule has 1 amide bonds. The molecule has 0 spiro atoms. The molecule has 1 aliphatic rings. The van der Waals surface area contributed by atoms with E-state index in [9.17, 15) is 9.90 Å². The van der Waals surface area contributed by atoms with E-state index in [2.05, 4.69) is 5.32 Å². The van der Waals surface area contributed by atoms with Gasteiger partial charge in [0.25, 0.3) is 5.91 Å². The van der Waals surface area contributed by atoms with Crippen LogP contribution in [0.5, 0.6) is 5.75 Å². The number of aromatic hydroxyl groups is 1. The van der Waals surface area contributed by atoms with Gasteiger partial charge in [0.1, 0.15) is 5.75 Å². The summed E-state index contributed by atoms with van der Waals surface area (Å²) in [5.41, 5.74) is 3.66. The van der Waals surface area contributed by atoms with Gasteiger partial charge >= 0.3 is 0 Å². The second-order valence-corrected chi connectivity index (χ2v) is 5.29. The van der Waals surface area contributed by atoms with Crippen molar-refractivity contribution in [2.45, 2.75) is 12.8 Å². The van der Waals surface area contributed by atoms with E-state index in [4.69, 9.17) is 0 Å². The highest BCUT2D eigenvalue weighted by Gasteiger charge is 2.16. The molecule has 0 saturated heterocycles. The van der Waals surface area contributed by atoms with E-state index in [0.29, 0.717) is 11.3 Å². The molecule has 0 radical (unpaired) electrons. The van der Waals surface area contributed by atoms with Crippen molar-refractivity contribution in [2.75, 3.05) is 23.8 Å². The molecule has 1 aliphatic heterocycles. The summed E-state index contributed by atoms with van der Waals surface area (Å²) in [6.45, 7) is 0.990. The Hall–Kier alpha value is -2.49.